The van der Waals surface area contributed by atoms with Gasteiger partial charge in [0.05, 0.1) is 0 Å². The van der Waals surface area contributed by atoms with Gasteiger partial charge in [-0.05, 0) is 73.5 Å². The van der Waals surface area contributed by atoms with Crippen molar-refractivity contribution < 1.29 is 17.7 Å². The van der Waals surface area contributed by atoms with Crippen LogP contribution in [0.25, 0.3) is 78.4 Å². The van der Waals surface area contributed by atoms with Gasteiger partial charge >= 0.3 is 0 Å². The van der Waals surface area contributed by atoms with E-state index in [1.165, 1.54) is 11.1 Å². The SMILES string of the molecule is Cc1ccc(-c2nc3cc4oc(C)nc4cc3o2)cc1.Cc1ccc(-c2nc3ccc(-c4ccc5nc(C)oc5c4)cc3o2)cc1. The minimum atomic E-state index is 0.615. The Labute approximate surface area is 263 Å². The normalized spacial score (nSPS) is 11.5. The molecule has 0 amide bonds. The van der Waals surface area contributed by atoms with Crippen molar-refractivity contribution in [3.63, 3.8) is 0 Å². The average molecular weight is 605 g/mol. The van der Waals surface area contributed by atoms with Crippen LogP contribution in [0.3, 0.4) is 0 Å². The van der Waals surface area contributed by atoms with Crippen molar-refractivity contribution >= 4 is 44.4 Å². The molecule has 0 saturated heterocycles. The van der Waals surface area contributed by atoms with Crippen LogP contribution in [0.15, 0.2) is 115 Å². The van der Waals surface area contributed by atoms with E-state index < -0.39 is 0 Å². The Morgan fingerprint density at radius 1 is 0.348 bits per heavy atom. The summed E-state index contributed by atoms with van der Waals surface area (Å²) in [6.45, 7) is 7.80. The molecule has 0 aliphatic heterocycles. The summed E-state index contributed by atoms with van der Waals surface area (Å²) in [7, 11) is 0. The van der Waals surface area contributed by atoms with Gasteiger partial charge in [0.1, 0.15) is 22.1 Å². The number of hydrogen-bond acceptors (Lipinski definition) is 8. The first-order chi connectivity index (χ1) is 22.3. The summed E-state index contributed by atoms with van der Waals surface area (Å²) in [5.41, 5.74) is 12.8. The number of aromatic nitrogens is 4. The molecule has 0 atom stereocenters. The molecular formula is C38H28N4O4. The highest BCUT2D eigenvalue weighted by molar-refractivity contribution is 5.90. The number of oxazole rings is 4. The Balaban J connectivity index is 0.000000140. The molecule has 9 rings (SSSR count). The lowest BCUT2D eigenvalue weighted by Gasteiger charge is -2.00. The second-order valence-corrected chi connectivity index (χ2v) is 11.4. The molecule has 0 N–H and O–H groups in total. The van der Waals surface area contributed by atoms with Crippen LogP contribution in [0.4, 0.5) is 0 Å². The molecule has 0 radical (unpaired) electrons. The number of hydrogen-bond donors (Lipinski definition) is 0. The van der Waals surface area contributed by atoms with Crippen LogP contribution in [0.5, 0.6) is 0 Å². The summed E-state index contributed by atoms with van der Waals surface area (Å²) in [6.07, 6.45) is 0. The van der Waals surface area contributed by atoms with E-state index >= 15 is 0 Å². The van der Waals surface area contributed by atoms with E-state index in [9.17, 15) is 0 Å². The van der Waals surface area contributed by atoms with Gasteiger partial charge in [-0.1, -0.05) is 47.5 Å². The van der Waals surface area contributed by atoms with Gasteiger partial charge in [-0.25, -0.2) is 19.9 Å². The molecular weight excluding hydrogens is 576 g/mol. The van der Waals surface area contributed by atoms with Crippen molar-refractivity contribution in [2.24, 2.45) is 0 Å². The number of nitrogens with zero attached hydrogens (tertiary/aromatic N) is 4. The summed E-state index contributed by atoms with van der Waals surface area (Å²) in [5, 5.41) is 0. The zero-order valence-corrected chi connectivity index (χ0v) is 25.7. The van der Waals surface area contributed by atoms with Crippen molar-refractivity contribution in [1.29, 1.82) is 0 Å². The molecule has 8 heteroatoms. The van der Waals surface area contributed by atoms with E-state index in [4.69, 9.17) is 17.7 Å². The minimum Gasteiger partial charge on any atom is -0.441 e. The summed E-state index contributed by atoms with van der Waals surface area (Å²) < 4.78 is 23.0. The third-order valence-electron chi connectivity index (χ3n) is 7.82. The van der Waals surface area contributed by atoms with Gasteiger partial charge < -0.3 is 17.7 Å². The fourth-order valence-electron chi connectivity index (χ4n) is 5.43. The summed E-state index contributed by atoms with van der Waals surface area (Å²) in [4.78, 5) is 17.8. The van der Waals surface area contributed by atoms with Gasteiger partial charge in [-0.3, -0.25) is 0 Å². The predicted octanol–water partition coefficient (Wildman–Crippen LogP) is 10.2. The first-order valence-electron chi connectivity index (χ1n) is 14.9. The molecule has 0 bridgehead atoms. The van der Waals surface area contributed by atoms with Crippen molar-refractivity contribution in [2.75, 3.05) is 0 Å². The molecule has 8 nitrogen and oxygen atoms in total. The lowest BCUT2D eigenvalue weighted by molar-refractivity contribution is 0.560. The highest BCUT2D eigenvalue weighted by Gasteiger charge is 2.13. The number of fused-ring (bicyclic) bond motifs is 4. The van der Waals surface area contributed by atoms with Crippen molar-refractivity contribution in [1.82, 2.24) is 19.9 Å². The fourth-order valence-corrected chi connectivity index (χ4v) is 5.43. The second kappa shape index (κ2) is 10.9. The van der Waals surface area contributed by atoms with Crippen LogP contribution in [0.2, 0.25) is 0 Å². The third-order valence-corrected chi connectivity index (χ3v) is 7.82. The van der Waals surface area contributed by atoms with Crippen LogP contribution in [0, 0.1) is 27.7 Å². The van der Waals surface area contributed by atoms with E-state index in [1.807, 2.05) is 98.8 Å². The van der Waals surface area contributed by atoms with E-state index in [2.05, 4.69) is 45.9 Å². The molecule has 0 saturated carbocycles. The Morgan fingerprint density at radius 3 is 1.26 bits per heavy atom. The van der Waals surface area contributed by atoms with Gasteiger partial charge in [0.25, 0.3) is 0 Å². The molecule has 9 aromatic rings. The zero-order valence-electron chi connectivity index (χ0n) is 25.7. The maximum absolute atomic E-state index is 6.00. The number of rotatable bonds is 3. The maximum atomic E-state index is 6.00. The molecule has 46 heavy (non-hydrogen) atoms. The van der Waals surface area contributed by atoms with Gasteiger partial charge in [-0.15, -0.1) is 0 Å². The fraction of sp³-hybridized carbons (Fsp3) is 0.105. The van der Waals surface area contributed by atoms with Crippen LogP contribution >= 0.6 is 0 Å². The Bertz CT molecular complexity index is 2460. The van der Waals surface area contributed by atoms with Crippen LogP contribution in [-0.2, 0) is 0 Å². The van der Waals surface area contributed by atoms with Crippen molar-refractivity contribution in [2.45, 2.75) is 27.7 Å². The topological polar surface area (TPSA) is 104 Å². The molecule has 0 spiro atoms. The van der Waals surface area contributed by atoms with Crippen molar-refractivity contribution in [3.8, 4) is 34.0 Å². The smallest absolute Gasteiger partial charge is 0.227 e. The minimum absolute atomic E-state index is 0.615. The number of benzene rings is 5. The molecule has 0 unspecified atom stereocenters. The monoisotopic (exact) mass is 604 g/mol. The highest BCUT2D eigenvalue weighted by atomic mass is 16.4. The predicted molar refractivity (Wildman–Crippen MR) is 178 cm³/mol. The lowest BCUT2D eigenvalue weighted by atomic mass is 10.1. The van der Waals surface area contributed by atoms with E-state index in [0.717, 1.165) is 66.7 Å². The van der Waals surface area contributed by atoms with Gasteiger partial charge in [0.2, 0.25) is 11.8 Å². The summed E-state index contributed by atoms with van der Waals surface area (Å²) >= 11 is 0. The van der Waals surface area contributed by atoms with Gasteiger partial charge in [-0.2, -0.15) is 0 Å². The molecule has 4 heterocycles. The van der Waals surface area contributed by atoms with Crippen molar-refractivity contribution in [3.05, 3.63) is 120 Å². The lowest BCUT2D eigenvalue weighted by Crippen LogP contribution is -1.78. The summed E-state index contributed by atoms with van der Waals surface area (Å²) in [5.74, 6) is 2.57. The summed E-state index contributed by atoms with van der Waals surface area (Å²) in [6, 6.07) is 32.1. The first-order valence-corrected chi connectivity index (χ1v) is 14.9. The second-order valence-electron chi connectivity index (χ2n) is 11.4. The van der Waals surface area contributed by atoms with Crippen LogP contribution in [-0.4, -0.2) is 19.9 Å². The first kappa shape index (κ1) is 27.5. The molecule has 4 aromatic heterocycles. The van der Waals surface area contributed by atoms with E-state index in [1.54, 1.807) is 0 Å². The van der Waals surface area contributed by atoms with E-state index in [-0.39, 0.29) is 0 Å². The maximum Gasteiger partial charge on any atom is 0.227 e. The average Bonchev–Trinajstić information content (AvgIpc) is 3.83. The Hall–Kier alpha value is -6.02. The Morgan fingerprint density at radius 2 is 0.717 bits per heavy atom. The highest BCUT2D eigenvalue weighted by Crippen LogP contribution is 2.31. The van der Waals surface area contributed by atoms with Gasteiger partial charge in [0.15, 0.2) is 34.1 Å². The molecule has 5 aromatic carbocycles. The molecule has 0 fully saturated rings. The largest absolute Gasteiger partial charge is 0.441 e. The van der Waals surface area contributed by atoms with Crippen LogP contribution in [0.1, 0.15) is 22.9 Å². The standard InChI is InChI=1S/C22H16N2O2.C16H12N2O2/c1-13-3-5-15(6-4-13)22-24-19-10-8-17(12-21(19)26-22)16-7-9-18-20(11-16)25-14(2)23-18;1-9-3-5-11(6-4-9)16-18-13-8-14-12(7-15(13)20-16)17-10(2)19-14/h3-12H,1-2H3;3-8H,1-2H3. The zero-order chi connectivity index (χ0) is 31.4. The molecule has 0 aliphatic rings. The number of aryl methyl sites for hydroxylation is 4. The quantitative estimate of drug-likeness (QED) is 0.196. The van der Waals surface area contributed by atoms with E-state index in [0.29, 0.717) is 23.6 Å². The van der Waals surface area contributed by atoms with Gasteiger partial charge in [0, 0.05) is 37.1 Å². The Kier molecular flexibility index (Phi) is 6.49. The molecule has 224 valence electrons. The van der Waals surface area contributed by atoms with Crippen LogP contribution < -0.4 is 0 Å². The third kappa shape index (κ3) is 5.20. The molecule has 0 aliphatic carbocycles.